The smallest absolute Gasteiger partial charge is 0.391 e. The number of aliphatic hydroxyl groups excluding tert-OH is 1. The molecule has 128 valence electrons. The zero-order valence-electron chi connectivity index (χ0n) is 13.0. The lowest BCUT2D eigenvalue weighted by atomic mass is 9.97. The molecule has 24 heavy (non-hydrogen) atoms. The molecule has 2 atom stereocenters. The van der Waals surface area contributed by atoms with Crippen molar-refractivity contribution in [3.05, 3.63) is 58.9 Å². The van der Waals surface area contributed by atoms with Crippen LogP contribution in [0, 0.1) is 6.92 Å². The van der Waals surface area contributed by atoms with Gasteiger partial charge >= 0.3 is 6.18 Å². The largest absolute Gasteiger partial charge is 0.416 e. The molecule has 1 amide bonds. The Kier molecular flexibility index (Phi) is 4.13. The number of alkyl halides is 3. The molecule has 4 nitrogen and oxygen atoms in total. The molecule has 1 fully saturated rings. The molecular weight excluding hydrogens is 321 g/mol. The lowest BCUT2D eigenvalue weighted by Crippen LogP contribution is -2.32. The number of H-pyrrole nitrogens is 1. The Labute approximate surface area is 136 Å². The van der Waals surface area contributed by atoms with Crippen molar-refractivity contribution in [2.24, 2.45) is 0 Å². The number of β-amino-alcohol motifs (C(OH)–C–C–N with tert-alkyl or cyclic N) is 1. The van der Waals surface area contributed by atoms with Gasteiger partial charge in [0.15, 0.2) is 0 Å². The Morgan fingerprint density at radius 3 is 2.62 bits per heavy atom. The van der Waals surface area contributed by atoms with E-state index in [-0.39, 0.29) is 24.4 Å². The molecule has 2 heterocycles. The summed E-state index contributed by atoms with van der Waals surface area (Å²) in [6.07, 6.45) is -3.67. The Hall–Kier alpha value is -2.28. The second-order valence-electron chi connectivity index (χ2n) is 5.96. The summed E-state index contributed by atoms with van der Waals surface area (Å²) >= 11 is 0. The van der Waals surface area contributed by atoms with Crippen LogP contribution in [-0.2, 0) is 6.18 Å². The molecule has 3 rings (SSSR count). The van der Waals surface area contributed by atoms with Crippen molar-refractivity contribution in [1.29, 1.82) is 0 Å². The van der Waals surface area contributed by atoms with Gasteiger partial charge in [-0.2, -0.15) is 13.2 Å². The van der Waals surface area contributed by atoms with E-state index in [9.17, 15) is 23.1 Å². The van der Waals surface area contributed by atoms with Gasteiger partial charge in [0.05, 0.1) is 23.3 Å². The molecular formula is C17H17F3N2O2. The zero-order valence-corrected chi connectivity index (χ0v) is 13.0. The van der Waals surface area contributed by atoms with E-state index in [1.165, 1.54) is 23.1 Å². The number of nitrogens with zero attached hydrogens (tertiary/aromatic N) is 1. The van der Waals surface area contributed by atoms with Crippen LogP contribution in [0.15, 0.2) is 36.5 Å². The van der Waals surface area contributed by atoms with Crippen molar-refractivity contribution in [2.45, 2.75) is 31.7 Å². The zero-order chi connectivity index (χ0) is 17.5. The van der Waals surface area contributed by atoms with Crippen LogP contribution in [0.25, 0.3) is 0 Å². The summed E-state index contributed by atoms with van der Waals surface area (Å²) in [4.78, 5) is 16.9. The van der Waals surface area contributed by atoms with Crippen LogP contribution in [0.4, 0.5) is 13.2 Å². The molecule has 0 bridgehead atoms. The number of aromatic nitrogens is 1. The minimum atomic E-state index is -4.51. The first-order valence-corrected chi connectivity index (χ1v) is 7.58. The highest BCUT2D eigenvalue weighted by Crippen LogP contribution is 2.41. The van der Waals surface area contributed by atoms with Crippen LogP contribution in [0.1, 0.15) is 39.6 Å². The molecule has 2 N–H and O–H groups in total. The molecule has 0 saturated carbocycles. The number of hydrogen-bond donors (Lipinski definition) is 2. The third kappa shape index (κ3) is 2.91. The number of carbonyl (C=O) groups excluding carboxylic acids is 1. The van der Waals surface area contributed by atoms with E-state index in [2.05, 4.69) is 4.98 Å². The van der Waals surface area contributed by atoms with Crippen molar-refractivity contribution in [2.75, 3.05) is 6.54 Å². The third-order valence-electron chi connectivity index (χ3n) is 4.35. The van der Waals surface area contributed by atoms with Crippen LogP contribution in [0.5, 0.6) is 0 Å². The molecule has 1 saturated heterocycles. The number of benzene rings is 1. The summed E-state index contributed by atoms with van der Waals surface area (Å²) in [5.74, 6) is -0.382. The van der Waals surface area contributed by atoms with E-state index < -0.39 is 23.9 Å². The van der Waals surface area contributed by atoms with E-state index in [4.69, 9.17) is 0 Å². The van der Waals surface area contributed by atoms with Crippen molar-refractivity contribution >= 4 is 5.91 Å². The number of rotatable bonds is 2. The van der Waals surface area contributed by atoms with E-state index in [1.807, 2.05) is 0 Å². The Balaban J connectivity index is 2.01. The van der Waals surface area contributed by atoms with Crippen LogP contribution >= 0.6 is 0 Å². The summed E-state index contributed by atoms with van der Waals surface area (Å²) in [6, 6.07) is 5.99. The Bertz CT molecular complexity index is 754. The van der Waals surface area contributed by atoms with E-state index in [0.717, 1.165) is 6.07 Å². The first kappa shape index (κ1) is 16.6. The van der Waals surface area contributed by atoms with Crippen LogP contribution < -0.4 is 0 Å². The van der Waals surface area contributed by atoms with Crippen LogP contribution in [0.3, 0.4) is 0 Å². The molecule has 1 aliphatic rings. The topological polar surface area (TPSA) is 56.3 Å². The van der Waals surface area contributed by atoms with Crippen molar-refractivity contribution in [3.63, 3.8) is 0 Å². The van der Waals surface area contributed by atoms with Crippen molar-refractivity contribution in [1.82, 2.24) is 9.88 Å². The lowest BCUT2D eigenvalue weighted by Gasteiger charge is -2.27. The Morgan fingerprint density at radius 1 is 1.29 bits per heavy atom. The molecule has 1 aromatic carbocycles. The highest BCUT2D eigenvalue weighted by atomic mass is 19.4. The van der Waals surface area contributed by atoms with E-state index in [0.29, 0.717) is 11.3 Å². The molecule has 1 aromatic heterocycles. The minimum absolute atomic E-state index is 0.0142. The highest BCUT2D eigenvalue weighted by molar-refractivity contribution is 5.95. The number of amides is 1. The lowest BCUT2D eigenvalue weighted by molar-refractivity contribution is -0.138. The van der Waals surface area contributed by atoms with Gasteiger partial charge in [0.25, 0.3) is 5.91 Å². The standard InChI is InChI=1S/C17H17F3N2O2/c1-10-12(6-7-21-10)16(24)22-9-11(23)8-15(22)13-4-2-3-5-14(13)17(18,19)20/h2-7,11,15,21,23H,8-9H2,1H3/t11-,15+/m1/s1. The maximum atomic E-state index is 13.3. The Morgan fingerprint density at radius 2 is 2.00 bits per heavy atom. The predicted octanol–water partition coefficient (Wildman–Crippen LogP) is 3.29. The molecule has 0 unspecified atom stereocenters. The molecule has 1 aliphatic heterocycles. The van der Waals surface area contributed by atoms with Gasteiger partial charge in [-0.15, -0.1) is 0 Å². The normalized spacial score (nSPS) is 21.3. The number of carbonyl (C=O) groups is 1. The van der Waals surface area contributed by atoms with Crippen LogP contribution in [-0.4, -0.2) is 33.5 Å². The summed E-state index contributed by atoms with van der Waals surface area (Å²) in [5.41, 5.74) is 0.290. The minimum Gasteiger partial charge on any atom is -0.391 e. The maximum Gasteiger partial charge on any atom is 0.416 e. The van der Waals surface area contributed by atoms with Gasteiger partial charge in [-0.3, -0.25) is 4.79 Å². The second kappa shape index (κ2) is 5.98. The van der Waals surface area contributed by atoms with Crippen LogP contribution in [0.2, 0.25) is 0 Å². The number of halogens is 3. The molecule has 0 aliphatic carbocycles. The quantitative estimate of drug-likeness (QED) is 0.883. The fraction of sp³-hybridized carbons (Fsp3) is 0.353. The van der Waals surface area contributed by atoms with Gasteiger partial charge in [-0.25, -0.2) is 0 Å². The SMILES string of the molecule is Cc1[nH]ccc1C(=O)N1C[C@H](O)C[C@H]1c1ccccc1C(F)(F)F. The fourth-order valence-electron chi connectivity index (χ4n) is 3.22. The number of aliphatic hydroxyl groups is 1. The fourth-order valence-corrected chi connectivity index (χ4v) is 3.22. The predicted molar refractivity (Wildman–Crippen MR) is 81.4 cm³/mol. The summed E-state index contributed by atoms with van der Waals surface area (Å²) < 4.78 is 39.9. The van der Waals surface area contributed by atoms with Gasteiger partial charge in [0.1, 0.15) is 0 Å². The summed E-state index contributed by atoms with van der Waals surface area (Å²) in [7, 11) is 0. The first-order chi connectivity index (χ1) is 11.3. The molecule has 0 radical (unpaired) electrons. The highest BCUT2D eigenvalue weighted by Gasteiger charge is 2.41. The number of aryl methyl sites for hydroxylation is 1. The molecule has 0 spiro atoms. The van der Waals surface area contributed by atoms with Crippen molar-refractivity contribution < 1.29 is 23.1 Å². The molecule has 2 aromatic rings. The van der Waals surface area contributed by atoms with Gasteiger partial charge in [0.2, 0.25) is 0 Å². The summed E-state index contributed by atoms with van der Waals surface area (Å²) in [6.45, 7) is 1.73. The monoisotopic (exact) mass is 338 g/mol. The number of aromatic amines is 1. The summed E-state index contributed by atoms with van der Waals surface area (Å²) in [5, 5.41) is 9.96. The maximum absolute atomic E-state index is 13.3. The number of nitrogens with one attached hydrogen (secondary N) is 1. The molecule has 7 heteroatoms. The third-order valence-corrected chi connectivity index (χ3v) is 4.35. The van der Waals surface area contributed by atoms with Gasteiger partial charge < -0.3 is 15.0 Å². The number of hydrogen-bond acceptors (Lipinski definition) is 2. The first-order valence-electron chi connectivity index (χ1n) is 7.58. The van der Waals surface area contributed by atoms with E-state index in [1.54, 1.807) is 19.2 Å². The average molecular weight is 338 g/mol. The van der Waals surface area contributed by atoms with E-state index >= 15 is 0 Å². The van der Waals surface area contributed by atoms with Gasteiger partial charge in [-0.05, 0) is 31.0 Å². The van der Waals surface area contributed by atoms with Gasteiger partial charge in [0, 0.05) is 18.4 Å². The number of likely N-dealkylation sites (tertiary alicyclic amines) is 1. The van der Waals surface area contributed by atoms with Gasteiger partial charge in [-0.1, -0.05) is 18.2 Å². The average Bonchev–Trinajstić information content (AvgIpc) is 3.11. The van der Waals surface area contributed by atoms with Crippen molar-refractivity contribution in [3.8, 4) is 0 Å². The second-order valence-corrected chi connectivity index (χ2v) is 5.96.